The summed E-state index contributed by atoms with van der Waals surface area (Å²) >= 11 is 0. The third-order valence-corrected chi connectivity index (χ3v) is 5.14. The third-order valence-electron chi connectivity index (χ3n) is 5.14. The average Bonchev–Trinajstić information content (AvgIpc) is 2.91. The van der Waals surface area contributed by atoms with Crippen molar-refractivity contribution in [1.82, 2.24) is 10.2 Å². The summed E-state index contributed by atoms with van der Waals surface area (Å²) in [6, 6.07) is -0.791. The summed E-state index contributed by atoms with van der Waals surface area (Å²) < 4.78 is 0. The van der Waals surface area contributed by atoms with Crippen molar-refractivity contribution in [3.63, 3.8) is 0 Å². The van der Waals surface area contributed by atoms with Gasteiger partial charge in [-0.05, 0) is 38.5 Å². The average molecular weight is 308 g/mol. The molecule has 0 unspecified atom stereocenters. The van der Waals surface area contributed by atoms with Crippen LogP contribution in [0.5, 0.6) is 0 Å². The van der Waals surface area contributed by atoms with Gasteiger partial charge in [0.1, 0.15) is 12.6 Å². The van der Waals surface area contributed by atoms with Crippen molar-refractivity contribution in [2.45, 2.75) is 83.0 Å². The standard InChI is InChI=1S/C17H28N2O3/c1-3-6-14(10-20)18-12(2)17(22)19-15(11-21)9-13-7-4-5-8-16(13)19/h10-16,18H,3-9H2,1-2H3/t12-,13+,14-,15+,16+/m1/s1. The van der Waals surface area contributed by atoms with E-state index < -0.39 is 6.04 Å². The number of fused-ring (bicyclic) bond motifs is 1. The molecule has 0 bridgehead atoms. The summed E-state index contributed by atoms with van der Waals surface area (Å²) in [6.07, 6.45) is 8.67. The molecule has 1 aliphatic carbocycles. The minimum atomic E-state index is -0.426. The largest absolute Gasteiger partial charge is 0.328 e. The zero-order valence-electron chi connectivity index (χ0n) is 13.7. The Hall–Kier alpha value is -1.23. The van der Waals surface area contributed by atoms with Crippen LogP contribution in [0.25, 0.3) is 0 Å². The predicted molar refractivity (Wildman–Crippen MR) is 84.4 cm³/mol. The summed E-state index contributed by atoms with van der Waals surface area (Å²) in [5.41, 5.74) is 0. The maximum Gasteiger partial charge on any atom is 0.240 e. The quantitative estimate of drug-likeness (QED) is 0.727. The van der Waals surface area contributed by atoms with Crippen molar-refractivity contribution in [3.05, 3.63) is 0 Å². The molecule has 1 saturated carbocycles. The van der Waals surface area contributed by atoms with Crippen LogP contribution in [0.1, 0.15) is 58.8 Å². The molecule has 2 fully saturated rings. The van der Waals surface area contributed by atoms with E-state index in [4.69, 9.17) is 0 Å². The summed E-state index contributed by atoms with van der Waals surface area (Å²) in [4.78, 5) is 37.1. The molecule has 1 amide bonds. The number of rotatable bonds is 7. The first kappa shape index (κ1) is 17.1. The maximum absolute atomic E-state index is 12.8. The van der Waals surface area contributed by atoms with Crippen molar-refractivity contribution >= 4 is 18.5 Å². The first-order valence-electron chi connectivity index (χ1n) is 8.61. The van der Waals surface area contributed by atoms with Crippen LogP contribution >= 0.6 is 0 Å². The molecule has 5 nitrogen and oxygen atoms in total. The van der Waals surface area contributed by atoms with Gasteiger partial charge in [0.05, 0.1) is 18.1 Å². The van der Waals surface area contributed by atoms with Crippen LogP contribution in [-0.2, 0) is 14.4 Å². The van der Waals surface area contributed by atoms with E-state index in [0.29, 0.717) is 5.92 Å². The van der Waals surface area contributed by atoms with Gasteiger partial charge in [-0.25, -0.2) is 0 Å². The molecule has 1 N–H and O–H groups in total. The van der Waals surface area contributed by atoms with E-state index >= 15 is 0 Å². The van der Waals surface area contributed by atoms with Crippen LogP contribution in [0.3, 0.4) is 0 Å². The van der Waals surface area contributed by atoms with Gasteiger partial charge < -0.3 is 14.5 Å². The lowest BCUT2D eigenvalue weighted by Gasteiger charge is -2.35. The molecular formula is C17H28N2O3. The van der Waals surface area contributed by atoms with Crippen LogP contribution < -0.4 is 5.32 Å². The second-order valence-corrected chi connectivity index (χ2v) is 6.72. The number of carbonyl (C=O) groups excluding carboxylic acids is 3. The molecular weight excluding hydrogens is 280 g/mol. The van der Waals surface area contributed by atoms with Crippen LogP contribution in [0.2, 0.25) is 0 Å². The highest BCUT2D eigenvalue weighted by molar-refractivity contribution is 5.85. The summed E-state index contributed by atoms with van der Waals surface area (Å²) in [5.74, 6) is 0.437. The van der Waals surface area contributed by atoms with Crippen LogP contribution in [0, 0.1) is 5.92 Å². The number of hydrogen-bond acceptors (Lipinski definition) is 4. The van der Waals surface area contributed by atoms with E-state index in [-0.39, 0.29) is 24.0 Å². The van der Waals surface area contributed by atoms with Gasteiger partial charge >= 0.3 is 0 Å². The number of carbonyl (C=O) groups is 3. The van der Waals surface area contributed by atoms with Gasteiger partial charge in [0.15, 0.2) is 0 Å². The lowest BCUT2D eigenvalue weighted by atomic mass is 9.85. The SMILES string of the molecule is CCC[C@H](C=O)N[C@H](C)C(=O)N1[C@H](C=O)C[C@@H]2CCCC[C@@H]21. The second-order valence-electron chi connectivity index (χ2n) is 6.72. The van der Waals surface area contributed by atoms with Gasteiger partial charge in [0.25, 0.3) is 0 Å². The third kappa shape index (κ3) is 3.57. The Labute approximate surface area is 132 Å². The molecule has 5 atom stereocenters. The first-order chi connectivity index (χ1) is 10.6. The fraction of sp³-hybridized carbons (Fsp3) is 0.824. The number of nitrogens with one attached hydrogen (secondary N) is 1. The zero-order valence-corrected chi connectivity index (χ0v) is 13.7. The van der Waals surface area contributed by atoms with E-state index in [2.05, 4.69) is 5.32 Å². The van der Waals surface area contributed by atoms with Crippen molar-refractivity contribution in [2.24, 2.45) is 5.92 Å². The molecule has 0 aromatic carbocycles. The lowest BCUT2D eigenvalue weighted by Crippen LogP contribution is -2.53. The van der Waals surface area contributed by atoms with Crippen molar-refractivity contribution in [3.8, 4) is 0 Å². The van der Waals surface area contributed by atoms with Crippen molar-refractivity contribution < 1.29 is 14.4 Å². The van der Waals surface area contributed by atoms with E-state index in [1.807, 2.05) is 11.8 Å². The number of likely N-dealkylation sites (tertiary alicyclic amines) is 1. The minimum absolute atomic E-state index is 0.0329. The molecule has 22 heavy (non-hydrogen) atoms. The zero-order chi connectivity index (χ0) is 16.1. The topological polar surface area (TPSA) is 66.5 Å². The molecule has 5 heteroatoms. The van der Waals surface area contributed by atoms with Crippen molar-refractivity contribution in [2.75, 3.05) is 0 Å². The Morgan fingerprint density at radius 3 is 2.68 bits per heavy atom. The molecule has 2 rings (SSSR count). The Bertz CT molecular complexity index is 413. The number of aldehydes is 2. The molecule has 0 radical (unpaired) electrons. The van der Waals surface area contributed by atoms with E-state index in [9.17, 15) is 14.4 Å². The molecule has 124 valence electrons. The fourth-order valence-corrected chi connectivity index (χ4v) is 4.06. The predicted octanol–water partition coefficient (Wildman–Crippen LogP) is 1.69. The van der Waals surface area contributed by atoms with Crippen LogP contribution in [0.15, 0.2) is 0 Å². The van der Waals surface area contributed by atoms with Gasteiger partial charge in [0.2, 0.25) is 5.91 Å². The van der Waals surface area contributed by atoms with Crippen molar-refractivity contribution in [1.29, 1.82) is 0 Å². The first-order valence-corrected chi connectivity index (χ1v) is 8.61. The van der Waals surface area contributed by atoms with E-state index in [0.717, 1.165) is 51.1 Å². The van der Waals surface area contributed by atoms with Gasteiger partial charge in [-0.3, -0.25) is 10.1 Å². The molecule has 1 heterocycles. The summed E-state index contributed by atoms with van der Waals surface area (Å²) in [5, 5.41) is 3.11. The highest BCUT2D eigenvalue weighted by Gasteiger charge is 2.45. The Morgan fingerprint density at radius 2 is 2.05 bits per heavy atom. The molecule has 1 saturated heterocycles. The van der Waals surface area contributed by atoms with Gasteiger partial charge in [-0.15, -0.1) is 0 Å². The van der Waals surface area contributed by atoms with Gasteiger partial charge in [-0.2, -0.15) is 0 Å². The summed E-state index contributed by atoms with van der Waals surface area (Å²) in [7, 11) is 0. The Kier molecular flexibility index (Phi) is 6.12. The Balaban J connectivity index is 2.05. The minimum Gasteiger partial charge on any atom is -0.328 e. The van der Waals surface area contributed by atoms with Gasteiger partial charge in [-0.1, -0.05) is 26.2 Å². The normalized spacial score (nSPS) is 30.5. The monoisotopic (exact) mass is 308 g/mol. The Morgan fingerprint density at radius 1 is 1.32 bits per heavy atom. The van der Waals surface area contributed by atoms with Gasteiger partial charge in [0, 0.05) is 6.04 Å². The lowest BCUT2D eigenvalue weighted by molar-refractivity contribution is -0.139. The van der Waals surface area contributed by atoms with Crippen LogP contribution in [-0.4, -0.2) is 47.5 Å². The molecule has 2 aliphatic rings. The second kappa shape index (κ2) is 7.86. The molecule has 1 aliphatic heterocycles. The molecule has 0 aromatic rings. The summed E-state index contributed by atoms with van der Waals surface area (Å²) in [6.45, 7) is 3.81. The fourth-order valence-electron chi connectivity index (χ4n) is 4.06. The van der Waals surface area contributed by atoms with E-state index in [1.165, 1.54) is 6.42 Å². The molecule has 0 spiro atoms. The maximum atomic E-state index is 12.8. The number of nitrogens with zero attached hydrogens (tertiary/aromatic N) is 1. The number of amides is 1. The highest BCUT2D eigenvalue weighted by atomic mass is 16.2. The van der Waals surface area contributed by atoms with Crippen LogP contribution in [0.4, 0.5) is 0 Å². The smallest absolute Gasteiger partial charge is 0.240 e. The highest BCUT2D eigenvalue weighted by Crippen LogP contribution is 2.39. The molecule has 0 aromatic heterocycles. The number of hydrogen-bond donors (Lipinski definition) is 1. The van der Waals surface area contributed by atoms with E-state index in [1.54, 1.807) is 6.92 Å².